The predicted molar refractivity (Wildman–Crippen MR) is 46.1 cm³/mol. The lowest BCUT2D eigenvalue weighted by Crippen LogP contribution is -2.20. The zero-order chi connectivity index (χ0) is 9.14. The van der Waals surface area contributed by atoms with Crippen LogP contribution in [0.15, 0.2) is 24.3 Å². The molecular weight excluding hydrogens is 181 g/mol. The fraction of sp³-hybridized carbons (Fsp3) is 0.125. The third-order valence-corrected chi connectivity index (χ3v) is 1.73. The van der Waals surface area contributed by atoms with Crippen molar-refractivity contribution in [3.63, 3.8) is 0 Å². The Labute approximate surface area is 74.6 Å². The van der Waals surface area contributed by atoms with Crippen molar-refractivity contribution in [2.24, 2.45) is 0 Å². The molecule has 1 aromatic carbocycles. The molecule has 0 bridgehead atoms. The molecule has 4 heteroatoms. The summed E-state index contributed by atoms with van der Waals surface area (Å²) in [5.41, 5.74) is 0.178. The molecule has 0 atom stereocenters. The first kappa shape index (κ1) is 9.00. The minimum absolute atomic E-state index is 0.178. The van der Waals surface area contributed by atoms with E-state index in [2.05, 4.69) is 0 Å². The van der Waals surface area contributed by atoms with Gasteiger partial charge in [0.2, 0.25) is 0 Å². The molecule has 0 unspecified atom stereocenters. The standard InChI is InChI=1S/C8H7ClFNO/c1-11(8(9)12)7-5-3-2-4-6(7)10/h2-5H,1H3. The van der Waals surface area contributed by atoms with Gasteiger partial charge in [-0.25, -0.2) is 4.39 Å². The van der Waals surface area contributed by atoms with E-state index in [0.717, 1.165) is 4.90 Å². The van der Waals surface area contributed by atoms with E-state index in [9.17, 15) is 9.18 Å². The highest BCUT2D eigenvalue weighted by Crippen LogP contribution is 2.17. The highest BCUT2D eigenvalue weighted by atomic mass is 35.5. The second kappa shape index (κ2) is 3.54. The van der Waals surface area contributed by atoms with Crippen molar-refractivity contribution in [2.45, 2.75) is 0 Å². The molecule has 0 saturated heterocycles. The molecule has 1 rings (SSSR count). The van der Waals surface area contributed by atoms with Gasteiger partial charge in [-0.1, -0.05) is 12.1 Å². The summed E-state index contributed by atoms with van der Waals surface area (Å²) in [5.74, 6) is -0.464. The monoisotopic (exact) mass is 187 g/mol. The van der Waals surface area contributed by atoms with Gasteiger partial charge in [-0.2, -0.15) is 0 Å². The fourth-order valence-electron chi connectivity index (χ4n) is 0.818. The molecule has 0 aromatic heterocycles. The second-order valence-corrected chi connectivity index (χ2v) is 2.59. The molecule has 0 N–H and O–H groups in total. The number of rotatable bonds is 1. The normalized spacial score (nSPS) is 9.58. The summed E-state index contributed by atoms with van der Waals surface area (Å²) in [6.07, 6.45) is 0. The first-order valence-electron chi connectivity index (χ1n) is 3.30. The second-order valence-electron chi connectivity index (χ2n) is 2.26. The zero-order valence-corrected chi connectivity index (χ0v) is 7.18. The van der Waals surface area contributed by atoms with Crippen LogP contribution in [0.4, 0.5) is 14.9 Å². The first-order chi connectivity index (χ1) is 5.63. The van der Waals surface area contributed by atoms with Crippen LogP contribution in [0.1, 0.15) is 0 Å². The number of halogens is 2. The van der Waals surface area contributed by atoms with Crippen molar-refractivity contribution in [2.75, 3.05) is 11.9 Å². The molecule has 0 radical (unpaired) electrons. The van der Waals surface area contributed by atoms with Crippen LogP contribution in [0.2, 0.25) is 0 Å². The van der Waals surface area contributed by atoms with Gasteiger partial charge in [0.1, 0.15) is 5.82 Å². The Bertz CT molecular complexity index is 303. The van der Waals surface area contributed by atoms with Crippen LogP contribution in [0.5, 0.6) is 0 Å². The van der Waals surface area contributed by atoms with Crippen LogP contribution in [0.25, 0.3) is 0 Å². The average molecular weight is 188 g/mol. The maximum absolute atomic E-state index is 12.9. The molecule has 0 aliphatic rings. The third kappa shape index (κ3) is 1.74. The van der Waals surface area contributed by atoms with Crippen molar-refractivity contribution >= 4 is 22.7 Å². The molecule has 2 nitrogen and oxygen atoms in total. The molecule has 1 aromatic rings. The van der Waals surface area contributed by atoms with Gasteiger partial charge in [-0.05, 0) is 23.7 Å². The van der Waals surface area contributed by atoms with Gasteiger partial charge < -0.3 is 0 Å². The number of carbonyl (C=O) groups is 1. The van der Waals surface area contributed by atoms with E-state index < -0.39 is 11.2 Å². The van der Waals surface area contributed by atoms with E-state index in [0.29, 0.717) is 0 Å². The fourth-order valence-corrected chi connectivity index (χ4v) is 0.909. The topological polar surface area (TPSA) is 20.3 Å². The Morgan fingerprint density at radius 3 is 2.58 bits per heavy atom. The summed E-state index contributed by atoms with van der Waals surface area (Å²) in [6, 6.07) is 5.93. The molecule has 12 heavy (non-hydrogen) atoms. The van der Waals surface area contributed by atoms with Crippen LogP contribution in [0.3, 0.4) is 0 Å². The number of anilines is 1. The summed E-state index contributed by atoms with van der Waals surface area (Å²) in [4.78, 5) is 11.7. The van der Waals surface area contributed by atoms with E-state index >= 15 is 0 Å². The maximum atomic E-state index is 12.9. The van der Waals surface area contributed by atoms with E-state index in [4.69, 9.17) is 11.6 Å². The first-order valence-corrected chi connectivity index (χ1v) is 3.68. The summed E-state index contributed by atoms with van der Waals surface area (Å²) in [6.45, 7) is 0. The van der Waals surface area contributed by atoms with Crippen molar-refractivity contribution in [3.05, 3.63) is 30.1 Å². The van der Waals surface area contributed by atoms with Crippen LogP contribution < -0.4 is 4.90 Å². The van der Waals surface area contributed by atoms with Gasteiger partial charge in [-0.15, -0.1) is 0 Å². The molecule has 0 spiro atoms. The predicted octanol–water partition coefficient (Wildman–Crippen LogP) is 2.62. The number of carbonyl (C=O) groups excluding carboxylic acids is 1. The van der Waals surface area contributed by atoms with Gasteiger partial charge in [-0.3, -0.25) is 9.69 Å². The number of nitrogens with zero attached hydrogens (tertiary/aromatic N) is 1. The van der Waals surface area contributed by atoms with Gasteiger partial charge >= 0.3 is 5.37 Å². The number of para-hydroxylation sites is 1. The lowest BCUT2D eigenvalue weighted by molar-refractivity contribution is 0.265. The summed E-state index contributed by atoms with van der Waals surface area (Å²) in [7, 11) is 1.41. The summed E-state index contributed by atoms with van der Waals surface area (Å²) < 4.78 is 12.9. The minimum atomic E-state index is -0.708. The highest BCUT2D eigenvalue weighted by molar-refractivity contribution is 6.66. The molecule has 64 valence electrons. The number of benzene rings is 1. The number of amides is 1. The Balaban J connectivity index is 3.02. The minimum Gasteiger partial charge on any atom is -0.299 e. The van der Waals surface area contributed by atoms with E-state index in [1.54, 1.807) is 12.1 Å². The quantitative estimate of drug-likeness (QED) is 0.489. The Kier molecular flexibility index (Phi) is 2.65. The van der Waals surface area contributed by atoms with E-state index in [-0.39, 0.29) is 5.69 Å². The van der Waals surface area contributed by atoms with Gasteiger partial charge in [0.15, 0.2) is 0 Å². The summed E-state index contributed by atoms with van der Waals surface area (Å²) >= 11 is 5.16. The summed E-state index contributed by atoms with van der Waals surface area (Å²) in [5, 5.41) is -0.708. The van der Waals surface area contributed by atoms with Crippen molar-refractivity contribution in [3.8, 4) is 0 Å². The van der Waals surface area contributed by atoms with Gasteiger partial charge in [0, 0.05) is 7.05 Å². The van der Waals surface area contributed by atoms with Crippen LogP contribution in [-0.4, -0.2) is 12.4 Å². The molecule has 0 fully saturated rings. The Morgan fingerprint density at radius 1 is 1.50 bits per heavy atom. The van der Waals surface area contributed by atoms with Gasteiger partial charge in [0.25, 0.3) is 0 Å². The maximum Gasteiger partial charge on any atom is 0.320 e. The van der Waals surface area contributed by atoms with Crippen LogP contribution in [0, 0.1) is 5.82 Å². The average Bonchev–Trinajstić information content (AvgIpc) is 2.04. The molecule has 0 aliphatic carbocycles. The lowest BCUT2D eigenvalue weighted by atomic mass is 10.3. The molecular formula is C8H7ClFNO. The van der Waals surface area contributed by atoms with Crippen molar-refractivity contribution in [1.29, 1.82) is 0 Å². The molecule has 0 aliphatic heterocycles. The van der Waals surface area contributed by atoms with Crippen molar-refractivity contribution in [1.82, 2.24) is 0 Å². The van der Waals surface area contributed by atoms with Crippen LogP contribution >= 0.6 is 11.6 Å². The van der Waals surface area contributed by atoms with E-state index in [1.807, 2.05) is 0 Å². The highest BCUT2D eigenvalue weighted by Gasteiger charge is 2.10. The van der Waals surface area contributed by atoms with Crippen molar-refractivity contribution < 1.29 is 9.18 Å². The SMILES string of the molecule is CN(C(=O)Cl)c1ccccc1F. The number of hydrogen-bond donors (Lipinski definition) is 0. The lowest BCUT2D eigenvalue weighted by Gasteiger charge is -2.13. The number of hydrogen-bond acceptors (Lipinski definition) is 1. The zero-order valence-electron chi connectivity index (χ0n) is 6.42. The Morgan fingerprint density at radius 2 is 2.08 bits per heavy atom. The third-order valence-electron chi connectivity index (χ3n) is 1.48. The van der Waals surface area contributed by atoms with Crippen LogP contribution in [-0.2, 0) is 0 Å². The Hall–Kier alpha value is -1.09. The largest absolute Gasteiger partial charge is 0.320 e. The molecule has 0 heterocycles. The smallest absolute Gasteiger partial charge is 0.299 e. The molecule has 0 saturated carbocycles. The van der Waals surface area contributed by atoms with Gasteiger partial charge in [0.05, 0.1) is 5.69 Å². The molecule has 1 amide bonds. The van der Waals surface area contributed by atoms with E-state index in [1.165, 1.54) is 19.2 Å².